The first-order chi connectivity index (χ1) is 10.0. The zero-order valence-electron chi connectivity index (χ0n) is 11.1. The lowest BCUT2D eigenvalue weighted by atomic mass is 9.95. The van der Waals surface area contributed by atoms with Crippen molar-refractivity contribution in [3.05, 3.63) is 61.1 Å². The molecule has 0 spiro atoms. The van der Waals surface area contributed by atoms with Gasteiger partial charge < -0.3 is 10.4 Å². The van der Waals surface area contributed by atoms with Crippen molar-refractivity contribution in [2.45, 2.75) is 18.9 Å². The van der Waals surface area contributed by atoms with Gasteiger partial charge in [-0.3, -0.25) is 4.79 Å². The molecule has 2 aromatic carbocycles. The number of carbonyl (C=O) groups is 1. The zero-order valence-corrected chi connectivity index (χ0v) is 14.8. The van der Waals surface area contributed by atoms with E-state index in [1.54, 1.807) is 0 Å². The second-order valence-electron chi connectivity index (χ2n) is 5.03. The van der Waals surface area contributed by atoms with Crippen LogP contribution in [0.1, 0.15) is 29.2 Å². The molecule has 1 aliphatic heterocycles. The van der Waals surface area contributed by atoms with Gasteiger partial charge in [-0.1, -0.05) is 28.1 Å². The van der Waals surface area contributed by atoms with E-state index in [4.69, 9.17) is 0 Å². The minimum atomic E-state index is -0.669. The van der Waals surface area contributed by atoms with Crippen LogP contribution in [0.5, 0.6) is 0 Å². The number of aliphatic hydroxyl groups is 1. The molecule has 0 bridgehead atoms. The van der Waals surface area contributed by atoms with Crippen molar-refractivity contribution in [3.8, 4) is 0 Å². The molecule has 0 saturated carbocycles. The topological polar surface area (TPSA) is 49.3 Å². The number of anilines is 1. The molecule has 0 aromatic heterocycles. The molecule has 2 aromatic rings. The van der Waals surface area contributed by atoms with Crippen molar-refractivity contribution in [3.63, 3.8) is 0 Å². The lowest BCUT2D eigenvalue weighted by Gasteiger charge is -2.20. The molecule has 3 rings (SSSR count). The summed E-state index contributed by atoms with van der Waals surface area (Å²) in [5.41, 5.74) is 3.66. The van der Waals surface area contributed by atoms with Gasteiger partial charge in [0.05, 0.1) is 0 Å². The Balaban J connectivity index is 1.97. The van der Waals surface area contributed by atoms with Gasteiger partial charge in [-0.2, -0.15) is 0 Å². The Morgan fingerprint density at radius 2 is 2.00 bits per heavy atom. The van der Waals surface area contributed by atoms with E-state index in [-0.39, 0.29) is 5.91 Å². The summed E-state index contributed by atoms with van der Waals surface area (Å²) >= 11 is 5.67. The molecule has 0 radical (unpaired) electrons. The van der Waals surface area contributed by atoms with Crippen LogP contribution in [0.25, 0.3) is 0 Å². The number of aliphatic hydroxyl groups excluding tert-OH is 1. The van der Waals surface area contributed by atoms with Gasteiger partial charge in [0.25, 0.3) is 0 Å². The van der Waals surface area contributed by atoms with E-state index in [9.17, 15) is 9.90 Å². The van der Waals surface area contributed by atoms with Crippen LogP contribution in [-0.2, 0) is 11.2 Å². The highest BCUT2D eigenvalue weighted by Crippen LogP contribution is 2.32. The van der Waals surface area contributed by atoms with E-state index in [1.807, 2.05) is 36.4 Å². The van der Waals surface area contributed by atoms with Gasteiger partial charge in [-0.05, 0) is 70.0 Å². The molecule has 108 valence electrons. The van der Waals surface area contributed by atoms with Gasteiger partial charge in [0.15, 0.2) is 0 Å². The van der Waals surface area contributed by atoms with Crippen LogP contribution >= 0.6 is 38.5 Å². The minimum Gasteiger partial charge on any atom is -0.384 e. The van der Waals surface area contributed by atoms with Gasteiger partial charge in [0, 0.05) is 20.2 Å². The smallest absolute Gasteiger partial charge is 0.224 e. The van der Waals surface area contributed by atoms with Crippen molar-refractivity contribution < 1.29 is 9.90 Å². The summed E-state index contributed by atoms with van der Waals surface area (Å²) in [5.74, 6) is 0.0531. The maximum absolute atomic E-state index is 11.4. The van der Waals surface area contributed by atoms with Crippen LogP contribution in [0, 0.1) is 3.57 Å². The number of halogens is 2. The first-order valence-electron chi connectivity index (χ1n) is 6.60. The molecule has 5 heteroatoms. The standard InChI is InChI=1S/C16H13BrINO2/c17-11-3-4-13(18)12(8-11)16(21)10-1-5-14-9(7-10)2-6-15(20)19-14/h1,3-5,7-8,16,21H,2,6H2,(H,19,20). The van der Waals surface area contributed by atoms with Gasteiger partial charge in [-0.15, -0.1) is 0 Å². The number of carbonyl (C=O) groups excluding carboxylic acids is 1. The Kier molecular flexibility index (Phi) is 4.33. The maximum Gasteiger partial charge on any atom is 0.224 e. The van der Waals surface area contributed by atoms with Gasteiger partial charge in [0.2, 0.25) is 5.91 Å². The van der Waals surface area contributed by atoms with Crippen LogP contribution in [0.2, 0.25) is 0 Å². The third kappa shape index (κ3) is 3.14. The first kappa shape index (κ1) is 15.0. The number of hydrogen-bond donors (Lipinski definition) is 2. The van der Waals surface area contributed by atoms with Crippen molar-refractivity contribution >= 4 is 50.1 Å². The summed E-state index contributed by atoms with van der Waals surface area (Å²) in [6.45, 7) is 0. The van der Waals surface area contributed by atoms with Crippen LogP contribution in [0.3, 0.4) is 0 Å². The molecule has 21 heavy (non-hydrogen) atoms. The minimum absolute atomic E-state index is 0.0531. The van der Waals surface area contributed by atoms with Crippen molar-refractivity contribution in [2.24, 2.45) is 0 Å². The molecule has 1 heterocycles. The fourth-order valence-corrected chi connectivity index (χ4v) is 3.49. The summed E-state index contributed by atoms with van der Waals surface area (Å²) in [5, 5.41) is 13.5. The zero-order chi connectivity index (χ0) is 15.0. The SMILES string of the molecule is O=C1CCc2cc(C(O)c3cc(Br)ccc3I)ccc2N1. The van der Waals surface area contributed by atoms with E-state index < -0.39 is 6.10 Å². The number of nitrogens with one attached hydrogen (secondary N) is 1. The second kappa shape index (κ2) is 6.06. The lowest BCUT2D eigenvalue weighted by Crippen LogP contribution is -2.19. The molecule has 1 atom stereocenters. The summed E-state index contributed by atoms with van der Waals surface area (Å²) in [7, 11) is 0. The molecular weight excluding hydrogens is 445 g/mol. The average molecular weight is 458 g/mol. The molecule has 1 amide bonds. The predicted molar refractivity (Wildman–Crippen MR) is 94.3 cm³/mol. The van der Waals surface area contributed by atoms with E-state index in [1.165, 1.54) is 0 Å². The fourth-order valence-electron chi connectivity index (χ4n) is 2.48. The molecule has 0 aliphatic carbocycles. The number of benzene rings is 2. The Hall–Kier alpha value is -0.920. The van der Waals surface area contributed by atoms with E-state index in [2.05, 4.69) is 43.8 Å². The number of rotatable bonds is 2. The molecule has 1 unspecified atom stereocenters. The molecule has 2 N–H and O–H groups in total. The third-order valence-corrected chi connectivity index (χ3v) is 5.07. The monoisotopic (exact) mass is 457 g/mol. The van der Waals surface area contributed by atoms with Crippen molar-refractivity contribution in [1.82, 2.24) is 0 Å². The third-order valence-electron chi connectivity index (χ3n) is 3.59. The molecule has 0 fully saturated rings. The largest absolute Gasteiger partial charge is 0.384 e. The van der Waals surface area contributed by atoms with E-state index in [0.29, 0.717) is 6.42 Å². The first-order valence-corrected chi connectivity index (χ1v) is 8.47. The Morgan fingerprint density at radius 1 is 1.19 bits per heavy atom. The Bertz CT molecular complexity index is 717. The van der Waals surface area contributed by atoms with Crippen LogP contribution in [0.15, 0.2) is 40.9 Å². The van der Waals surface area contributed by atoms with Gasteiger partial charge >= 0.3 is 0 Å². The molecule has 3 nitrogen and oxygen atoms in total. The van der Waals surface area contributed by atoms with Gasteiger partial charge in [0.1, 0.15) is 6.10 Å². The number of amides is 1. The van der Waals surface area contributed by atoms with Crippen molar-refractivity contribution in [1.29, 1.82) is 0 Å². The summed E-state index contributed by atoms with van der Waals surface area (Å²) in [6, 6.07) is 11.6. The highest BCUT2D eigenvalue weighted by molar-refractivity contribution is 14.1. The Morgan fingerprint density at radius 3 is 2.81 bits per heavy atom. The van der Waals surface area contributed by atoms with Crippen LogP contribution < -0.4 is 5.32 Å². The van der Waals surface area contributed by atoms with Gasteiger partial charge in [-0.25, -0.2) is 0 Å². The van der Waals surface area contributed by atoms with E-state index in [0.717, 1.165) is 36.8 Å². The van der Waals surface area contributed by atoms with Crippen molar-refractivity contribution in [2.75, 3.05) is 5.32 Å². The molecule has 0 saturated heterocycles. The summed E-state index contributed by atoms with van der Waals surface area (Å²) < 4.78 is 1.97. The second-order valence-corrected chi connectivity index (χ2v) is 7.11. The number of fused-ring (bicyclic) bond motifs is 1. The normalized spacial score (nSPS) is 15.3. The highest BCUT2D eigenvalue weighted by Gasteiger charge is 2.19. The maximum atomic E-state index is 11.4. The molecule has 1 aliphatic rings. The quantitative estimate of drug-likeness (QED) is 0.669. The van der Waals surface area contributed by atoms with Crippen LogP contribution in [-0.4, -0.2) is 11.0 Å². The van der Waals surface area contributed by atoms with Crippen LogP contribution in [0.4, 0.5) is 5.69 Å². The summed E-state index contributed by atoms with van der Waals surface area (Å²) in [4.78, 5) is 11.4. The Labute approximate surface area is 145 Å². The average Bonchev–Trinajstić information content (AvgIpc) is 2.48. The predicted octanol–water partition coefficient (Wildman–Crippen LogP) is 4.02. The van der Waals surface area contributed by atoms with E-state index >= 15 is 0 Å². The number of aryl methyl sites for hydroxylation is 1. The summed E-state index contributed by atoms with van der Waals surface area (Å²) in [6.07, 6.45) is 0.551. The lowest BCUT2D eigenvalue weighted by molar-refractivity contribution is -0.116. The highest BCUT2D eigenvalue weighted by atomic mass is 127. The fraction of sp³-hybridized carbons (Fsp3) is 0.188. The number of hydrogen-bond acceptors (Lipinski definition) is 2. The molecular formula is C16H13BrINO2.